The first-order valence-corrected chi connectivity index (χ1v) is 55.6. The first kappa shape index (κ1) is 102. The van der Waals surface area contributed by atoms with Crippen molar-refractivity contribution in [2.75, 3.05) is 145 Å². The van der Waals surface area contributed by atoms with E-state index in [1.807, 2.05) is 63.3 Å². The highest BCUT2D eigenvalue weighted by atomic mass is 32.1. The number of thiazole rings is 5. The molecule has 1 saturated carbocycles. The molecule has 6 fully saturated rings. The van der Waals surface area contributed by atoms with Gasteiger partial charge >= 0.3 is 0 Å². The van der Waals surface area contributed by atoms with Gasteiger partial charge in [0.2, 0.25) is 0 Å². The zero-order valence-corrected chi connectivity index (χ0v) is 88.1. The van der Waals surface area contributed by atoms with Crippen LogP contribution >= 0.6 is 56.7 Å². The molecule has 770 valence electrons. The summed E-state index contributed by atoms with van der Waals surface area (Å²) < 4.78 is 41.0. The summed E-state index contributed by atoms with van der Waals surface area (Å²) in [7, 11) is 6.15. The number of nitrogens with one attached hydrogen (secondary N) is 1. The number of piperidine rings is 1. The van der Waals surface area contributed by atoms with E-state index in [0.717, 1.165) is 253 Å². The monoisotopic (exact) mass is 2100 g/mol. The molecule has 0 bridgehead atoms. The molecule has 20 heterocycles. The molecule has 1 aliphatic carbocycles. The van der Waals surface area contributed by atoms with Gasteiger partial charge < -0.3 is 58.4 Å². The van der Waals surface area contributed by atoms with Crippen molar-refractivity contribution >= 4 is 201 Å². The van der Waals surface area contributed by atoms with Crippen molar-refractivity contribution in [1.29, 1.82) is 0 Å². The van der Waals surface area contributed by atoms with Crippen LogP contribution in [0.2, 0.25) is 0 Å². The fourth-order valence-electron chi connectivity index (χ4n) is 21.9. The molecule has 5 saturated heterocycles. The van der Waals surface area contributed by atoms with Crippen LogP contribution in [-0.4, -0.2) is 244 Å². The maximum absolute atomic E-state index is 13.6. The van der Waals surface area contributed by atoms with Crippen LogP contribution in [0, 0.1) is 36.1 Å². The van der Waals surface area contributed by atoms with Crippen LogP contribution in [0.25, 0.3) is 56.6 Å². The van der Waals surface area contributed by atoms with Gasteiger partial charge in [0.05, 0.1) is 18.4 Å². The van der Waals surface area contributed by atoms with E-state index in [0.29, 0.717) is 125 Å². The van der Waals surface area contributed by atoms with E-state index < -0.39 is 5.82 Å². The maximum atomic E-state index is 13.6. The molecule has 0 atom stereocenters. The number of hydrogen-bond acceptors (Lipinski definition) is 38. The Kier molecular flexibility index (Phi) is 31.5. The lowest BCUT2D eigenvalue weighted by atomic mass is 9.74. The van der Waals surface area contributed by atoms with Crippen LogP contribution in [-0.2, 0) is 42.6 Å². The van der Waals surface area contributed by atoms with Gasteiger partial charge in [-0.15, -0.1) is 0 Å². The highest BCUT2D eigenvalue weighted by molar-refractivity contribution is 7.21. The quantitative estimate of drug-likeness (QED) is 0.0410. The number of ketones is 5. The SMILES string of the molecule is CC(C)Oc1cc(F)ccc1Nc1ncnc2sc(C(=O)CCCN(C)C)nc12.CN1CCC2(CC1)CN(c1ncnc3sc(C(=O)CC4CCOCC4)nc13)c1ccccc12.O=C(CC1CCOCC1)c1nc2c(N3CC4(CCCC4)c4ccccc43)ncnc2s1.O=C(CC1CCOCC1)c1nc2c(N3CCc4cnccc43)ncnc2s1.[C-]#[N+]c1ccc2c(c1)CCN2c1ncnc2sc(C(=O)CC3CCOCC3)nc12. The molecule has 149 heavy (non-hydrogen) atoms. The van der Waals surface area contributed by atoms with Gasteiger partial charge in [0.1, 0.15) is 94.9 Å². The topological polar surface area (TPSA) is 374 Å². The van der Waals surface area contributed by atoms with Crippen molar-refractivity contribution in [3.8, 4) is 5.75 Å². The number of hydrogen-bond donors (Lipinski definition) is 1. The second-order valence-electron chi connectivity index (χ2n) is 40.4. The molecule has 11 aromatic heterocycles. The molecule has 15 aromatic rings. The second kappa shape index (κ2) is 46.0. The second-order valence-corrected chi connectivity index (χ2v) is 45.3. The number of carbonyl (C=O) groups is 5. The Hall–Kier alpha value is -12.8. The third-order valence-corrected chi connectivity index (χ3v) is 34.8. The van der Waals surface area contributed by atoms with Gasteiger partial charge in [-0.1, -0.05) is 118 Å². The van der Waals surface area contributed by atoms with Gasteiger partial charge in [-0.3, -0.25) is 29.0 Å². The molecule has 10 aliphatic rings. The summed E-state index contributed by atoms with van der Waals surface area (Å²) in [5.41, 5.74) is 14.7. The average molecular weight is 2100 g/mol. The van der Waals surface area contributed by atoms with Crippen molar-refractivity contribution in [1.82, 2.24) is 89.5 Å². The van der Waals surface area contributed by atoms with Crippen molar-refractivity contribution in [3.63, 3.8) is 0 Å². The fourth-order valence-corrected chi connectivity index (χ4v) is 26.1. The van der Waals surface area contributed by atoms with Crippen molar-refractivity contribution in [2.45, 2.75) is 172 Å². The molecule has 1 N–H and O–H groups in total. The van der Waals surface area contributed by atoms with Crippen molar-refractivity contribution < 1.29 is 52.0 Å². The van der Waals surface area contributed by atoms with Crippen LogP contribution < -0.4 is 29.7 Å². The van der Waals surface area contributed by atoms with E-state index in [1.165, 1.54) is 135 Å². The molecule has 4 aromatic carbocycles. The maximum Gasteiger partial charge on any atom is 0.191 e. The molecular formula is C109H117FN24O10S5. The standard InChI is InChI=1S/C25H29N5O2S.C24H26N4O2S.C21H19N5O2S.C20H24FN5O2S.C19H19N5O2S/c1-29-10-8-25(9-11-29)15-30(19-5-3-2-4-18(19)25)22-21-24(27-16-26-22)33-23(28-21)20(31)14-17-6-12-32-13-7-17;29-19(13-16-7-11-30-12-8-16)22-27-20-21(25-15-26-23(20)31-22)28-14-24(9-3-4-10-24)17-5-1-2-6-18(17)28;1-22-15-2-3-16-14(11-15)4-7-26(16)19-18-21(24-12-23-19)29-20(25-18)17(27)10-13-5-8-28-9-6-13;1-12(2)28-16-10-13(21)7-8-14(16)24-18-17-20(23-11-22-18)29-19(25-17)15(27)6-5-9-26(3)4;25-15(9-12-3-7-26-8-4-12)18-23-16-17(21-11-22-19(16)27-18)24-6-2-13-10-20-5-1-14(13)24/h2-5,16-17H,6-15H2,1H3;1-2,5-6,15-16H,3-4,7-14H2;2-3,11-13H,4-10H2;7-8,10-12H,5-6,9H2,1-4H3,(H,22,23,24);1,5,10-12H,2-4,6-9H2. The van der Waals surface area contributed by atoms with Crippen LogP contribution in [0.4, 0.5) is 67.6 Å². The largest absolute Gasteiger partial charge is 0.489 e. The molecule has 0 radical (unpaired) electrons. The summed E-state index contributed by atoms with van der Waals surface area (Å²) in [6.07, 6.45) is 31.2. The fraction of sp³-hybridized carbons (Fsp3) is 0.450. The number of aromatic nitrogens is 16. The zero-order valence-electron chi connectivity index (χ0n) is 84.0. The summed E-state index contributed by atoms with van der Waals surface area (Å²) in [5, 5.41) is 5.72. The number of anilines is 10. The molecule has 40 heteroatoms. The minimum Gasteiger partial charge on any atom is -0.489 e. The highest BCUT2D eigenvalue weighted by Gasteiger charge is 2.48. The molecule has 34 nitrogen and oxygen atoms in total. The first-order chi connectivity index (χ1) is 72.7. The summed E-state index contributed by atoms with van der Waals surface area (Å²) in [6.45, 7) is 23.4. The number of para-hydroxylation sites is 2. The van der Waals surface area contributed by atoms with Crippen molar-refractivity contribution in [2.24, 2.45) is 23.7 Å². The molecule has 2 spiro atoms. The Morgan fingerprint density at radius 2 is 0.872 bits per heavy atom. The van der Waals surface area contributed by atoms with Crippen LogP contribution in [0.15, 0.2) is 135 Å². The first-order valence-electron chi connectivity index (χ1n) is 51.6. The minimum absolute atomic E-state index is 0.00795. The Balaban J connectivity index is 0.000000109. The molecule has 0 unspecified atom stereocenters. The van der Waals surface area contributed by atoms with Crippen LogP contribution in [0.5, 0.6) is 5.75 Å². The number of likely N-dealkylation sites (tertiary alicyclic amines) is 1. The summed E-state index contributed by atoms with van der Waals surface area (Å²) in [5.74, 6) is 5.54. The Labute approximate surface area is 881 Å². The van der Waals surface area contributed by atoms with Gasteiger partial charge in [0, 0.05) is 163 Å². The number of carbonyl (C=O) groups excluding carboxylic acids is 5. The van der Waals surface area contributed by atoms with Gasteiger partial charge in [-0.25, -0.2) is 84.0 Å². The number of nitrogens with zero attached hydrogens (tertiary/aromatic N) is 23. The molecule has 25 rings (SSSR count). The van der Waals surface area contributed by atoms with E-state index in [4.69, 9.17) is 40.2 Å². The lowest BCUT2D eigenvalue weighted by molar-refractivity contribution is 0.0596. The van der Waals surface area contributed by atoms with Crippen molar-refractivity contribution in [3.05, 3.63) is 200 Å². The normalized spacial score (nSPS) is 17.6. The molecular weight excluding hydrogens is 1980 g/mol. The molecule has 0 amide bonds. The average Bonchev–Trinajstić information content (AvgIpc) is 1.58. The Morgan fingerprint density at radius 1 is 0.470 bits per heavy atom. The Morgan fingerprint density at radius 3 is 1.32 bits per heavy atom. The lowest BCUT2D eigenvalue weighted by Gasteiger charge is -2.38. The number of Topliss-reactive ketones (excluding diaryl/α,β-unsaturated/α-hetero) is 5. The smallest absolute Gasteiger partial charge is 0.191 e. The van der Waals surface area contributed by atoms with Gasteiger partial charge in [-0.05, 0) is 233 Å². The van der Waals surface area contributed by atoms with E-state index >= 15 is 0 Å². The number of fused-ring (bicyclic) bond motifs is 11. The number of rotatable bonds is 25. The number of halogens is 1. The highest BCUT2D eigenvalue weighted by Crippen LogP contribution is 2.55. The zero-order chi connectivity index (χ0) is 102. The molecule has 9 aliphatic heterocycles. The van der Waals surface area contributed by atoms with Gasteiger partial charge in [0.25, 0.3) is 0 Å². The minimum atomic E-state index is -0.390. The lowest BCUT2D eigenvalue weighted by Crippen LogP contribution is -2.43. The predicted octanol–water partition coefficient (Wildman–Crippen LogP) is 21.0. The third-order valence-electron chi connectivity index (χ3n) is 29.8. The number of benzene rings is 4. The van der Waals surface area contributed by atoms with Crippen LogP contribution in [0.3, 0.4) is 0 Å². The summed E-state index contributed by atoms with van der Waals surface area (Å²) in [4.78, 5) is 157. The number of ether oxygens (including phenoxy) is 5. The van der Waals surface area contributed by atoms with E-state index in [-0.39, 0.29) is 45.9 Å². The summed E-state index contributed by atoms with van der Waals surface area (Å²) >= 11 is 6.76. The predicted molar refractivity (Wildman–Crippen MR) is 577 cm³/mol. The summed E-state index contributed by atoms with van der Waals surface area (Å²) in [6, 6.07) is 29.4. The Bertz CT molecular complexity index is 7460. The third kappa shape index (κ3) is 22.7. The van der Waals surface area contributed by atoms with Gasteiger partial charge in [0.15, 0.2) is 88.7 Å². The van der Waals surface area contributed by atoms with Crippen LogP contribution in [0.1, 0.15) is 214 Å². The van der Waals surface area contributed by atoms with E-state index in [9.17, 15) is 28.4 Å². The number of pyridine rings is 1. The van der Waals surface area contributed by atoms with E-state index in [2.05, 4.69) is 160 Å². The van der Waals surface area contributed by atoms with Gasteiger partial charge in [-0.2, -0.15) is 0 Å². The van der Waals surface area contributed by atoms with E-state index in [1.54, 1.807) is 31.2 Å².